The first-order chi connectivity index (χ1) is 6.34. The van der Waals surface area contributed by atoms with Gasteiger partial charge in [0.2, 0.25) is 0 Å². The van der Waals surface area contributed by atoms with E-state index in [0.717, 1.165) is 17.7 Å². The Morgan fingerprint density at radius 3 is 2.86 bits per heavy atom. The highest BCUT2D eigenvalue weighted by Gasteiger charge is 2.28. The highest BCUT2D eigenvalue weighted by molar-refractivity contribution is 5.93. The summed E-state index contributed by atoms with van der Waals surface area (Å²) in [6, 6.07) is 5.75. The molecule has 2 aliphatic heterocycles. The molecule has 3 heteroatoms. The molecule has 2 heterocycles. The van der Waals surface area contributed by atoms with E-state index in [9.17, 15) is 4.79 Å². The first kappa shape index (κ1) is 9.21. The molecule has 0 aliphatic carbocycles. The van der Waals surface area contributed by atoms with Crippen molar-refractivity contribution in [1.29, 1.82) is 0 Å². The van der Waals surface area contributed by atoms with E-state index in [1.807, 2.05) is 18.2 Å². The maximum Gasteiger partial charge on any atom is 0.338 e. The summed E-state index contributed by atoms with van der Waals surface area (Å²) >= 11 is 0. The van der Waals surface area contributed by atoms with Crippen molar-refractivity contribution >= 4 is 5.97 Å². The number of hydrogen-bond donors (Lipinski definition) is 0. The van der Waals surface area contributed by atoms with Crippen LogP contribution >= 0.6 is 0 Å². The Kier molecular flexibility index (Phi) is 2.04. The van der Waals surface area contributed by atoms with Crippen LogP contribution in [0, 0.1) is 0 Å². The molecule has 1 unspecified atom stereocenters. The second kappa shape index (κ2) is 3.10. The topological polar surface area (TPSA) is 38.8 Å². The summed E-state index contributed by atoms with van der Waals surface area (Å²) in [5.74, 6) is -0.210. The van der Waals surface area contributed by atoms with E-state index < -0.39 is 0 Å². The molecular formula is C11H12O3. The fourth-order valence-corrected chi connectivity index (χ4v) is 1.59. The van der Waals surface area contributed by atoms with Crippen LogP contribution in [-0.4, -0.2) is 12.6 Å². The number of hydrogen-bond acceptors (Lipinski definition) is 3. The van der Waals surface area contributed by atoms with Crippen molar-refractivity contribution in [2.75, 3.05) is 6.61 Å². The summed E-state index contributed by atoms with van der Waals surface area (Å²) < 4.78 is 10.1. The summed E-state index contributed by atoms with van der Waals surface area (Å²) in [5.41, 5.74) is 2.83. The second-order valence-electron chi connectivity index (χ2n) is 3.31. The summed E-state index contributed by atoms with van der Waals surface area (Å²) in [5, 5.41) is 0. The van der Waals surface area contributed by atoms with E-state index in [1.54, 1.807) is 0 Å². The van der Waals surface area contributed by atoms with Crippen LogP contribution in [-0.2, 0) is 16.1 Å². The molecule has 0 N–H and O–H groups in total. The number of rotatable bonds is 1. The fourth-order valence-electron chi connectivity index (χ4n) is 1.59. The molecule has 3 rings (SSSR count). The molecule has 0 amide bonds. The minimum Gasteiger partial charge on any atom is -0.457 e. The zero-order chi connectivity index (χ0) is 8.84. The van der Waals surface area contributed by atoms with Crippen molar-refractivity contribution in [2.45, 2.75) is 20.1 Å². The van der Waals surface area contributed by atoms with Gasteiger partial charge in [-0.3, -0.25) is 0 Å². The van der Waals surface area contributed by atoms with Gasteiger partial charge in [-0.05, 0) is 17.7 Å². The number of fused-ring (bicyclic) bond motifs is 1. The van der Waals surface area contributed by atoms with Gasteiger partial charge in [0.25, 0.3) is 0 Å². The van der Waals surface area contributed by atoms with Crippen LogP contribution in [0.3, 0.4) is 0 Å². The number of carbonyl (C=O) groups is 1. The minimum absolute atomic E-state index is 0. The Morgan fingerprint density at radius 2 is 2.14 bits per heavy atom. The Hall–Kier alpha value is -1.35. The van der Waals surface area contributed by atoms with Crippen molar-refractivity contribution in [3.05, 3.63) is 34.9 Å². The fraction of sp³-hybridized carbons (Fsp3) is 0.364. The molecule has 1 atom stereocenters. The number of esters is 1. The third-order valence-corrected chi connectivity index (χ3v) is 2.41. The van der Waals surface area contributed by atoms with Gasteiger partial charge in [-0.15, -0.1) is 0 Å². The molecule has 1 saturated heterocycles. The van der Waals surface area contributed by atoms with Crippen molar-refractivity contribution in [2.24, 2.45) is 0 Å². The van der Waals surface area contributed by atoms with Crippen LogP contribution in [0.1, 0.15) is 35.0 Å². The maximum absolute atomic E-state index is 11.1. The summed E-state index contributed by atoms with van der Waals surface area (Å²) in [7, 11) is 0. The van der Waals surface area contributed by atoms with Crippen molar-refractivity contribution in [1.82, 2.24) is 0 Å². The van der Waals surface area contributed by atoms with Crippen molar-refractivity contribution < 1.29 is 14.3 Å². The van der Waals surface area contributed by atoms with Crippen LogP contribution in [0.2, 0.25) is 0 Å². The molecule has 0 saturated carbocycles. The van der Waals surface area contributed by atoms with E-state index in [0.29, 0.717) is 12.2 Å². The number of benzene rings is 1. The van der Waals surface area contributed by atoms with E-state index in [-0.39, 0.29) is 19.5 Å². The maximum atomic E-state index is 11.1. The van der Waals surface area contributed by atoms with Crippen molar-refractivity contribution in [3.63, 3.8) is 0 Å². The molecule has 0 spiro atoms. The van der Waals surface area contributed by atoms with E-state index in [2.05, 4.69) is 0 Å². The average Bonchev–Trinajstić information content (AvgIpc) is 2.93. The molecule has 3 nitrogen and oxygen atoms in total. The standard InChI is InChI=1S/C10H8O3.CH4/c11-10-8-2-1-6(9-5-12-9)3-7(8)4-13-10;/h1-3,9H,4-5H2;1H4. The van der Waals surface area contributed by atoms with Gasteiger partial charge in [0, 0.05) is 5.56 Å². The Morgan fingerprint density at radius 1 is 1.36 bits per heavy atom. The van der Waals surface area contributed by atoms with Gasteiger partial charge in [0.15, 0.2) is 0 Å². The quantitative estimate of drug-likeness (QED) is 0.505. The Labute approximate surface area is 82.6 Å². The third kappa shape index (κ3) is 1.30. The molecule has 1 aromatic carbocycles. The Bertz CT molecular complexity index is 380. The molecule has 14 heavy (non-hydrogen) atoms. The lowest BCUT2D eigenvalue weighted by atomic mass is 10.0. The van der Waals surface area contributed by atoms with Crippen molar-refractivity contribution in [3.8, 4) is 0 Å². The van der Waals surface area contributed by atoms with Gasteiger partial charge in [0.05, 0.1) is 12.2 Å². The first-order valence-corrected chi connectivity index (χ1v) is 4.26. The highest BCUT2D eigenvalue weighted by atomic mass is 16.6. The predicted octanol–water partition coefficient (Wildman–Crippen LogP) is 2.06. The first-order valence-electron chi connectivity index (χ1n) is 4.26. The van der Waals surface area contributed by atoms with Crippen LogP contribution in [0.25, 0.3) is 0 Å². The number of ether oxygens (including phenoxy) is 2. The number of epoxide rings is 1. The molecule has 0 bridgehead atoms. The smallest absolute Gasteiger partial charge is 0.338 e. The summed E-state index contributed by atoms with van der Waals surface area (Å²) in [6.45, 7) is 1.21. The average molecular weight is 192 g/mol. The van der Waals surface area contributed by atoms with Gasteiger partial charge in [-0.2, -0.15) is 0 Å². The number of cyclic esters (lactones) is 1. The molecular weight excluding hydrogens is 180 g/mol. The normalized spacial score (nSPS) is 22.3. The molecule has 0 aromatic heterocycles. The van der Waals surface area contributed by atoms with Crippen LogP contribution in [0.5, 0.6) is 0 Å². The monoisotopic (exact) mass is 192 g/mol. The number of carbonyl (C=O) groups excluding carboxylic acids is 1. The summed E-state index contributed by atoms with van der Waals surface area (Å²) in [6.07, 6.45) is 0.251. The van der Waals surface area contributed by atoms with Gasteiger partial charge in [0.1, 0.15) is 12.7 Å². The van der Waals surface area contributed by atoms with Gasteiger partial charge in [-0.25, -0.2) is 4.79 Å². The third-order valence-electron chi connectivity index (χ3n) is 2.41. The Balaban J connectivity index is 0.000000750. The van der Waals surface area contributed by atoms with E-state index in [4.69, 9.17) is 9.47 Å². The van der Waals surface area contributed by atoms with E-state index >= 15 is 0 Å². The van der Waals surface area contributed by atoms with Gasteiger partial charge >= 0.3 is 5.97 Å². The van der Waals surface area contributed by atoms with Crippen LogP contribution in [0.4, 0.5) is 0 Å². The van der Waals surface area contributed by atoms with Crippen LogP contribution in [0.15, 0.2) is 18.2 Å². The molecule has 1 fully saturated rings. The zero-order valence-corrected chi connectivity index (χ0v) is 6.95. The largest absolute Gasteiger partial charge is 0.457 e. The molecule has 2 aliphatic rings. The lowest BCUT2D eigenvalue weighted by Gasteiger charge is -1.97. The minimum atomic E-state index is -0.210. The summed E-state index contributed by atoms with van der Waals surface area (Å²) in [4.78, 5) is 11.1. The lowest BCUT2D eigenvalue weighted by molar-refractivity contribution is 0.0535. The van der Waals surface area contributed by atoms with Gasteiger partial charge in [-0.1, -0.05) is 13.5 Å². The second-order valence-corrected chi connectivity index (χ2v) is 3.31. The molecule has 74 valence electrons. The molecule has 0 radical (unpaired) electrons. The molecule has 1 aromatic rings. The van der Waals surface area contributed by atoms with Gasteiger partial charge < -0.3 is 9.47 Å². The lowest BCUT2D eigenvalue weighted by Crippen LogP contribution is -1.93. The van der Waals surface area contributed by atoms with E-state index in [1.165, 1.54) is 0 Å². The predicted molar refractivity (Wildman–Crippen MR) is 51.0 cm³/mol. The zero-order valence-electron chi connectivity index (χ0n) is 6.95. The SMILES string of the molecule is C.O=C1OCc2cc(C3CO3)ccc21. The highest BCUT2D eigenvalue weighted by Crippen LogP contribution is 2.32. The van der Waals surface area contributed by atoms with Crippen LogP contribution < -0.4 is 0 Å².